The molecule has 2 aliphatic rings. The van der Waals surface area contributed by atoms with Crippen molar-refractivity contribution in [2.75, 3.05) is 67.5 Å². The molecule has 2 fully saturated rings. The Balaban J connectivity index is 0.614. The van der Waals surface area contributed by atoms with Crippen LogP contribution >= 0.6 is 0 Å². The maximum absolute atomic E-state index is 14.1. The van der Waals surface area contributed by atoms with Crippen molar-refractivity contribution in [3.8, 4) is 28.5 Å². The molecule has 7 aromatic carbocycles. The van der Waals surface area contributed by atoms with Gasteiger partial charge in [-0.25, -0.2) is 19.1 Å². The van der Waals surface area contributed by atoms with E-state index in [-0.39, 0.29) is 98.8 Å². The van der Waals surface area contributed by atoms with Gasteiger partial charge in [-0.05, 0) is 122 Å². The van der Waals surface area contributed by atoms with E-state index in [1.165, 1.54) is 11.6 Å². The number of amides is 5. The number of ether oxygens (including phenoxy) is 10. The summed E-state index contributed by atoms with van der Waals surface area (Å²) in [4.78, 5) is 109. The second kappa shape index (κ2) is 45.7. The zero-order chi connectivity index (χ0) is 81.9. The quantitative estimate of drug-likeness (QED) is 0.00778. The van der Waals surface area contributed by atoms with Gasteiger partial charge >= 0.3 is 17.9 Å². The fraction of sp³-hybridized carbons (Fsp3) is 0.416. The lowest BCUT2D eigenvalue weighted by Gasteiger charge is -2.45. The second-order valence-corrected chi connectivity index (χ2v) is 28.6. The van der Waals surface area contributed by atoms with Crippen LogP contribution in [0.2, 0.25) is 0 Å². The molecule has 27 heteroatoms. The number of hydrogen-bond acceptors (Lipinski definition) is 21. The average molecular weight is 1590 g/mol. The number of nitrogens with zero attached hydrogens (tertiary/aromatic N) is 4. The van der Waals surface area contributed by atoms with Crippen LogP contribution in [0.15, 0.2) is 200 Å². The summed E-state index contributed by atoms with van der Waals surface area (Å²) >= 11 is 0. The first-order chi connectivity index (χ1) is 56.5. The fourth-order valence-corrected chi connectivity index (χ4v) is 14.1. The van der Waals surface area contributed by atoms with Gasteiger partial charge in [0.25, 0.3) is 0 Å². The molecule has 6 unspecified atom stereocenters. The molecule has 116 heavy (non-hydrogen) atoms. The summed E-state index contributed by atoms with van der Waals surface area (Å²) in [6.45, 7) is 1.33. The molecule has 0 saturated carbocycles. The van der Waals surface area contributed by atoms with E-state index < -0.39 is 78.9 Å². The van der Waals surface area contributed by atoms with Crippen molar-refractivity contribution in [2.45, 2.75) is 171 Å². The molecule has 1 aromatic heterocycles. The molecule has 2 aliphatic heterocycles. The fourth-order valence-electron chi connectivity index (χ4n) is 14.1. The predicted octanol–water partition coefficient (Wildman–Crippen LogP) is 11.0. The van der Waals surface area contributed by atoms with Gasteiger partial charge in [0.05, 0.1) is 95.7 Å². The maximum atomic E-state index is 14.1. The summed E-state index contributed by atoms with van der Waals surface area (Å²) in [5, 5.41) is 30.9. The Kier molecular flexibility index (Phi) is 34.3. The van der Waals surface area contributed by atoms with E-state index in [0.29, 0.717) is 73.6 Å². The van der Waals surface area contributed by atoms with Gasteiger partial charge in [0.2, 0.25) is 29.5 Å². The van der Waals surface area contributed by atoms with Gasteiger partial charge in [-0.15, -0.1) is 5.10 Å². The summed E-state index contributed by atoms with van der Waals surface area (Å²) in [5.41, 5.74) is 3.34. The van der Waals surface area contributed by atoms with Crippen LogP contribution in [-0.2, 0) is 69.3 Å². The molecule has 0 aliphatic carbocycles. The molecule has 8 atom stereocenters. The lowest BCUT2D eigenvalue weighted by atomic mass is 9.80. The smallest absolute Gasteiger partial charge is 0.338 e. The van der Waals surface area contributed by atoms with E-state index >= 15 is 0 Å². The van der Waals surface area contributed by atoms with Gasteiger partial charge in [-0.3, -0.25) is 24.0 Å². The minimum Gasteiger partial charge on any atom is -0.497 e. The zero-order valence-corrected chi connectivity index (χ0v) is 66.2. The van der Waals surface area contributed by atoms with Crippen molar-refractivity contribution < 1.29 is 90.8 Å². The number of aromatic nitrogens is 3. The van der Waals surface area contributed by atoms with Crippen LogP contribution in [0.5, 0.6) is 17.2 Å². The molecule has 8 aromatic rings. The largest absolute Gasteiger partial charge is 0.497 e. The summed E-state index contributed by atoms with van der Waals surface area (Å²) in [6.07, 6.45) is 4.48. The van der Waals surface area contributed by atoms with Gasteiger partial charge in [0.15, 0.2) is 18.5 Å². The highest BCUT2D eigenvalue weighted by Gasteiger charge is 2.52. The van der Waals surface area contributed by atoms with Crippen LogP contribution in [0.25, 0.3) is 11.3 Å². The highest BCUT2D eigenvalue weighted by Crippen LogP contribution is 2.43. The minimum atomic E-state index is -1.50. The summed E-state index contributed by atoms with van der Waals surface area (Å²) in [7, 11) is 4.81. The van der Waals surface area contributed by atoms with Crippen molar-refractivity contribution in [2.24, 2.45) is 0 Å². The Morgan fingerprint density at radius 2 is 1.09 bits per heavy atom. The van der Waals surface area contributed by atoms with E-state index in [9.17, 15) is 43.5 Å². The Morgan fingerprint density at radius 1 is 0.560 bits per heavy atom. The molecule has 5 amide bonds. The molecular weight excluding hydrogens is 1490 g/mol. The molecular formula is C89H106N8O19. The average Bonchev–Trinajstić information content (AvgIpc) is 1.11. The van der Waals surface area contributed by atoms with Crippen molar-refractivity contribution >= 4 is 47.4 Å². The van der Waals surface area contributed by atoms with Gasteiger partial charge in [0.1, 0.15) is 53.5 Å². The first-order valence-electron chi connectivity index (χ1n) is 39.7. The molecule has 3 heterocycles. The lowest BCUT2D eigenvalue weighted by molar-refractivity contribution is -0.270. The SMILES string of the molecule is COc1ccc(C(OC[C@@H]2C[C@@H](O)CN2C(=O)CCCCCCCCCCC(=O)NCOCCC(=O)NCCCCCC(=O)NCC(COC2OC(Cn3cc(-c4cccc(OC)c4)nn3)C(OC(=O)c3ccccc3)C(OC(=O)c3ccccc3)C2NC(C)=O)OC(=O)c2ccccc2)(c2ccccc2)c2ccc(OC)cc2)cc1. The Hall–Kier alpha value is -11.4. The number of nitrogens with one attached hydrogen (secondary N) is 4. The van der Waals surface area contributed by atoms with E-state index in [0.717, 1.165) is 68.1 Å². The van der Waals surface area contributed by atoms with Crippen LogP contribution in [0, 0.1) is 0 Å². The van der Waals surface area contributed by atoms with Gasteiger partial charge in [0, 0.05) is 44.8 Å². The maximum Gasteiger partial charge on any atom is 0.338 e. The third kappa shape index (κ3) is 26.1. The van der Waals surface area contributed by atoms with Gasteiger partial charge in [-0.2, -0.15) is 0 Å². The zero-order valence-electron chi connectivity index (χ0n) is 66.2. The Labute approximate surface area is 676 Å². The van der Waals surface area contributed by atoms with Gasteiger partial charge in [-0.1, -0.05) is 171 Å². The number of methoxy groups -OCH3 is 3. The Bertz CT molecular complexity index is 4340. The predicted molar refractivity (Wildman–Crippen MR) is 430 cm³/mol. The summed E-state index contributed by atoms with van der Waals surface area (Å²) < 4.78 is 62.2. The van der Waals surface area contributed by atoms with E-state index in [4.69, 9.17) is 47.4 Å². The van der Waals surface area contributed by atoms with Crippen LogP contribution in [-0.4, -0.2) is 189 Å². The minimum absolute atomic E-state index is 0.00995. The molecule has 27 nitrogen and oxygen atoms in total. The van der Waals surface area contributed by atoms with E-state index in [2.05, 4.69) is 31.6 Å². The highest BCUT2D eigenvalue weighted by molar-refractivity contribution is 5.91. The number of rotatable bonds is 46. The number of carbonyl (C=O) groups is 8. The van der Waals surface area contributed by atoms with Gasteiger partial charge < -0.3 is 78.6 Å². The molecule has 0 bridgehead atoms. The monoisotopic (exact) mass is 1590 g/mol. The number of unbranched alkanes of at least 4 members (excludes halogenated alkanes) is 9. The number of aliphatic hydroxyl groups excluding tert-OH is 1. The second-order valence-electron chi connectivity index (χ2n) is 28.6. The molecule has 0 radical (unpaired) electrons. The van der Waals surface area contributed by atoms with Crippen LogP contribution in [0.4, 0.5) is 0 Å². The number of aliphatic hydroxyl groups is 1. The number of carbonyl (C=O) groups excluding carboxylic acids is 8. The van der Waals surface area contributed by atoms with Crippen LogP contribution in [0.1, 0.15) is 157 Å². The van der Waals surface area contributed by atoms with Crippen LogP contribution in [0.3, 0.4) is 0 Å². The van der Waals surface area contributed by atoms with E-state index in [1.54, 1.807) is 142 Å². The molecule has 0 spiro atoms. The number of β-amino-alcohol motifs (C(OH)–C–C–N with tert-alkyl or cyclic N) is 1. The number of esters is 3. The van der Waals surface area contributed by atoms with Crippen molar-refractivity contribution in [1.29, 1.82) is 0 Å². The van der Waals surface area contributed by atoms with Crippen molar-refractivity contribution in [3.05, 3.63) is 234 Å². The third-order valence-electron chi connectivity index (χ3n) is 20.2. The summed E-state index contributed by atoms with van der Waals surface area (Å²) in [6, 6.07) is 55.6. The first kappa shape index (κ1) is 87.0. The number of hydrogen-bond donors (Lipinski definition) is 5. The van der Waals surface area contributed by atoms with E-state index in [1.807, 2.05) is 84.9 Å². The lowest BCUT2D eigenvalue weighted by Crippen LogP contribution is -2.66. The Morgan fingerprint density at radius 3 is 1.67 bits per heavy atom. The van der Waals surface area contributed by atoms with Crippen LogP contribution < -0.4 is 35.5 Å². The normalized spacial score (nSPS) is 17.4. The third-order valence-corrected chi connectivity index (χ3v) is 20.2. The number of likely N-dealkylation sites (tertiary alicyclic amines) is 1. The molecule has 616 valence electrons. The van der Waals surface area contributed by atoms with Crippen molar-refractivity contribution in [1.82, 2.24) is 41.2 Å². The topological polar surface area (TPSA) is 331 Å². The molecule has 2 saturated heterocycles. The van der Waals surface area contributed by atoms with Crippen molar-refractivity contribution in [3.63, 3.8) is 0 Å². The summed E-state index contributed by atoms with van der Waals surface area (Å²) in [5.74, 6) is -1.60. The first-order valence-corrected chi connectivity index (χ1v) is 39.7. The molecule has 10 rings (SSSR count). The number of benzene rings is 7. The highest BCUT2D eigenvalue weighted by atomic mass is 16.7. The molecule has 5 N–H and O–H groups in total. The standard InChI is InChI=1S/C89H106N8O19/c1-62(98)93-82-84(116-87(106)65-33-20-13-21-34-65)83(115-86(105)64-31-18-12-19-32-64)77(58-96-57-76(94-95-96)66-35-28-38-74(53-66)109-4)114-88(82)111-60-75(113-85(104)63-29-16-11-17-30-63)55-91-78(100)39-25-15-27-51-90-80(102)50-52-110-61-92-79(101)40-24-9-7-5-6-8-10-26-41-81(103)97-56-71(99)54-70(97)59-112-89(67-36-22-14-23-37-67,68-42-46-72(107-2)47-43-68)69-44-48-73(108-3)49-45-69/h11-14,16-23,28-38,42-49,53,57,70-71,75,77,82-84,88,99H,5-10,15,24-27,39-41,50-52,54-56,58-61H2,1-4H3,(H,90,102)(H,91,100)(H,92,101)(H,93,98)/t70-,71+,75?,77?,82?,83?,84?,88?/m0/s1.